The lowest BCUT2D eigenvalue weighted by atomic mass is 9.79. The van der Waals surface area contributed by atoms with E-state index in [1.54, 1.807) is 11.3 Å². The molecule has 4 rings (SSSR count). The van der Waals surface area contributed by atoms with Gasteiger partial charge in [0.15, 0.2) is 11.2 Å². The summed E-state index contributed by atoms with van der Waals surface area (Å²) in [5.41, 5.74) is 2.98. The zero-order chi connectivity index (χ0) is 16.6. The Morgan fingerprint density at radius 3 is 2.62 bits per heavy atom. The van der Waals surface area contributed by atoms with Crippen LogP contribution in [0.5, 0.6) is 0 Å². The average molecular weight is 337 g/mol. The van der Waals surface area contributed by atoms with Gasteiger partial charge in [0.25, 0.3) is 0 Å². The Hall–Kier alpha value is -2.40. The largest absolute Gasteiger partial charge is 0.389 e. The highest BCUT2D eigenvalue weighted by Gasteiger charge is 2.42. The van der Waals surface area contributed by atoms with Crippen LogP contribution in [0.1, 0.15) is 19.4 Å². The number of oxime groups is 1. The van der Waals surface area contributed by atoms with E-state index in [0.717, 1.165) is 21.9 Å². The minimum absolute atomic E-state index is 0.0280. The molecule has 1 aromatic heterocycles. The third-order valence-electron chi connectivity index (χ3n) is 4.47. The zero-order valence-electron chi connectivity index (χ0n) is 13.7. The molecule has 2 aromatic carbocycles. The third kappa shape index (κ3) is 2.65. The molecule has 0 spiro atoms. The standard InChI is InChI=1S/C19H19N3OS/c1-19(2)16(23-22-17(19)13-8-4-3-5-9-13)12-20-18-21-14-10-6-7-11-15(14)24-18/h3-11,16H,12H2,1-2H3,(H,20,21). The van der Waals surface area contributed by atoms with Crippen LogP contribution in [0.3, 0.4) is 0 Å². The molecule has 1 N–H and O–H groups in total. The molecule has 1 aliphatic rings. The molecule has 1 unspecified atom stereocenters. The number of anilines is 1. The molecule has 4 nitrogen and oxygen atoms in total. The van der Waals surface area contributed by atoms with Crippen LogP contribution in [0.4, 0.5) is 5.13 Å². The number of aromatic nitrogens is 1. The van der Waals surface area contributed by atoms with Crippen molar-refractivity contribution in [3.8, 4) is 0 Å². The van der Waals surface area contributed by atoms with Gasteiger partial charge in [0, 0.05) is 5.56 Å². The molecule has 0 saturated carbocycles. The first-order chi connectivity index (χ1) is 11.6. The number of benzene rings is 2. The summed E-state index contributed by atoms with van der Waals surface area (Å²) in [5.74, 6) is 0. The number of rotatable bonds is 4. The van der Waals surface area contributed by atoms with Crippen molar-refractivity contribution in [1.29, 1.82) is 0 Å². The lowest BCUT2D eigenvalue weighted by Crippen LogP contribution is -2.38. The Kier molecular flexibility index (Phi) is 3.73. The Morgan fingerprint density at radius 2 is 1.83 bits per heavy atom. The van der Waals surface area contributed by atoms with Gasteiger partial charge in [-0.05, 0) is 12.1 Å². The second kappa shape index (κ2) is 5.91. The molecular weight excluding hydrogens is 318 g/mol. The van der Waals surface area contributed by atoms with Gasteiger partial charge in [0.05, 0.1) is 27.9 Å². The predicted molar refractivity (Wildman–Crippen MR) is 99.7 cm³/mol. The Bertz CT molecular complexity index is 853. The van der Waals surface area contributed by atoms with E-state index in [1.165, 1.54) is 4.70 Å². The maximum absolute atomic E-state index is 5.73. The van der Waals surface area contributed by atoms with Gasteiger partial charge in [-0.15, -0.1) is 0 Å². The summed E-state index contributed by atoms with van der Waals surface area (Å²) in [5, 5.41) is 8.69. The average Bonchev–Trinajstić information content (AvgIpc) is 3.13. The molecule has 0 aliphatic carbocycles. The number of hydrogen-bond acceptors (Lipinski definition) is 5. The van der Waals surface area contributed by atoms with Gasteiger partial charge in [0.2, 0.25) is 0 Å². The van der Waals surface area contributed by atoms with Crippen LogP contribution in [0.15, 0.2) is 59.8 Å². The number of thiazole rings is 1. The van der Waals surface area contributed by atoms with Crippen molar-refractivity contribution in [3.05, 3.63) is 60.2 Å². The fraction of sp³-hybridized carbons (Fsp3) is 0.263. The van der Waals surface area contributed by atoms with E-state index in [0.29, 0.717) is 6.54 Å². The molecule has 1 aliphatic heterocycles. The van der Waals surface area contributed by atoms with Crippen molar-refractivity contribution in [2.75, 3.05) is 11.9 Å². The van der Waals surface area contributed by atoms with Crippen molar-refractivity contribution in [2.45, 2.75) is 20.0 Å². The highest BCUT2D eigenvalue weighted by Crippen LogP contribution is 2.35. The van der Waals surface area contributed by atoms with E-state index in [4.69, 9.17) is 4.84 Å². The quantitative estimate of drug-likeness (QED) is 0.760. The van der Waals surface area contributed by atoms with Gasteiger partial charge < -0.3 is 10.2 Å². The van der Waals surface area contributed by atoms with Crippen LogP contribution < -0.4 is 5.32 Å². The molecular formula is C19H19N3OS. The summed E-state index contributed by atoms with van der Waals surface area (Å²) in [6.07, 6.45) is -0.0280. The highest BCUT2D eigenvalue weighted by atomic mass is 32.1. The normalized spacial score (nSPS) is 19.1. The van der Waals surface area contributed by atoms with Crippen LogP contribution >= 0.6 is 11.3 Å². The number of nitrogens with zero attached hydrogens (tertiary/aromatic N) is 2. The van der Waals surface area contributed by atoms with Gasteiger partial charge in [-0.1, -0.05) is 72.8 Å². The van der Waals surface area contributed by atoms with Gasteiger partial charge in [0.1, 0.15) is 0 Å². The SMILES string of the molecule is CC1(C)C(c2ccccc2)=NOC1CNc1nc2ccccc2s1. The predicted octanol–water partition coefficient (Wildman–Crippen LogP) is 4.54. The van der Waals surface area contributed by atoms with Crippen molar-refractivity contribution in [3.63, 3.8) is 0 Å². The summed E-state index contributed by atoms with van der Waals surface area (Å²) in [4.78, 5) is 10.3. The zero-order valence-corrected chi connectivity index (χ0v) is 14.5. The van der Waals surface area contributed by atoms with Crippen LogP contribution in [0.2, 0.25) is 0 Å². The fourth-order valence-electron chi connectivity index (χ4n) is 2.96. The highest BCUT2D eigenvalue weighted by molar-refractivity contribution is 7.22. The first kappa shape index (κ1) is 15.1. The van der Waals surface area contributed by atoms with Crippen LogP contribution in [0.25, 0.3) is 10.2 Å². The van der Waals surface area contributed by atoms with Crippen LogP contribution in [0, 0.1) is 5.41 Å². The van der Waals surface area contributed by atoms with Crippen molar-refractivity contribution in [2.24, 2.45) is 10.6 Å². The van der Waals surface area contributed by atoms with Gasteiger partial charge in [-0.25, -0.2) is 4.98 Å². The Balaban J connectivity index is 1.48. The summed E-state index contributed by atoms with van der Waals surface area (Å²) in [6.45, 7) is 5.03. The van der Waals surface area contributed by atoms with Gasteiger partial charge >= 0.3 is 0 Å². The van der Waals surface area contributed by atoms with Crippen LogP contribution in [-0.4, -0.2) is 23.3 Å². The van der Waals surface area contributed by atoms with E-state index in [9.17, 15) is 0 Å². The maximum Gasteiger partial charge on any atom is 0.183 e. The fourth-order valence-corrected chi connectivity index (χ4v) is 3.83. The lowest BCUT2D eigenvalue weighted by Gasteiger charge is -2.26. The third-order valence-corrected chi connectivity index (χ3v) is 5.46. The minimum atomic E-state index is -0.162. The van der Waals surface area contributed by atoms with Crippen LogP contribution in [-0.2, 0) is 4.84 Å². The Morgan fingerprint density at radius 1 is 1.08 bits per heavy atom. The smallest absolute Gasteiger partial charge is 0.183 e. The molecule has 0 fully saturated rings. The van der Waals surface area contributed by atoms with Gasteiger partial charge in [-0.2, -0.15) is 0 Å². The minimum Gasteiger partial charge on any atom is -0.389 e. The molecule has 0 radical (unpaired) electrons. The molecule has 2 heterocycles. The molecule has 122 valence electrons. The van der Waals surface area contributed by atoms with E-state index < -0.39 is 0 Å². The number of nitrogens with one attached hydrogen (secondary N) is 1. The second-order valence-electron chi connectivity index (χ2n) is 6.49. The topological polar surface area (TPSA) is 46.5 Å². The number of fused-ring (bicyclic) bond motifs is 1. The van der Waals surface area contributed by atoms with E-state index in [1.807, 2.05) is 36.4 Å². The van der Waals surface area contributed by atoms with E-state index in [2.05, 4.69) is 47.5 Å². The molecule has 24 heavy (non-hydrogen) atoms. The van der Waals surface area contributed by atoms with Crippen molar-refractivity contribution >= 4 is 32.4 Å². The molecule has 5 heteroatoms. The molecule has 1 atom stereocenters. The summed E-state index contributed by atoms with van der Waals surface area (Å²) in [7, 11) is 0. The first-order valence-corrected chi connectivity index (χ1v) is 8.85. The summed E-state index contributed by atoms with van der Waals surface area (Å²) < 4.78 is 1.19. The van der Waals surface area contributed by atoms with Crippen molar-refractivity contribution < 1.29 is 4.84 Å². The van der Waals surface area contributed by atoms with E-state index in [-0.39, 0.29) is 11.5 Å². The lowest BCUT2D eigenvalue weighted by molar-refractivity contribution is 0.0465. The van der Waals surface area contributed by atoms with Crippen molar-refractivity contribution in [1.82, 2.24) is 4.98 Å². The van der Waals surface area contributed by atoms with Gasteiger partial charge in [-0.3, -0.25) is 0 Å². The number of hydrogen-bond donors (Lipinski definition) is 1. The molecule has 0 amide bonds. The monoisotopic (exact) mass is 337 g/mol. The summed E-state index contributed by atoms with van der Waals surface area (Å²) >= 11 is 1.66. The molecule has 0 saturated heterocycles. The Labute approximate surface area is 145 Å². The van der Waals surface area contributed by atoms with E-state index >= 15 is 0 Å². The maximum atomic E-state index is 5.73. The first-order valence-electron chi connectivity index (χ1n) is 8.04. The molecule has 0 bridgehead atoms. The second-order valence-corrected chi connectivity index (χ2v) is 7.52. The number of para-hydroxylation sites is 1. The molecule has 3 aromatic rings. The summed E-state index contributed by atoms with van der Waals surface area (Å²) in [6, 6.07) is 18.4.